The first-order valence-electron chi connectivity index (χ1n) is 4.60. The van der Waals surface area contributed by atoms with Crippen molar-refractivity contribution < 1.29 is 14.3 Å². The lowest BCUT2D eigenvalue weighted by Gasteiger charge is -2.12. The third kappa shape index (κ3) is 2.91. The normalized spacial score (nSPS) is 12.7. The van der Waals surface area contributed by atoms with Crippen molar-refractivity contribution in [3.05, 3.63) is 35.4 Å². The highest BCUT2D eigenvalue weighted by atomic mass is 16.6. The molecule has 1 aliphatic rings. The third-order valence-electron chi connectivity index (χ3n) is 1.78. The third-order valence-corrected chi connectivity index (χ3v) is 1.78. The molecule has 0 saturated carbocycles. The van der Waals surface area contributed by atoms with Gasteiger partial charge in [0.05, 0.1) is 12.0 Å². The summed E-state index contributed by atoms with van der Waals surface area (Å²) in [6, 6.07) is 6.96. The van der Waals surface area contributed by atoms with E-state index in [0.717, 1.165) is 5.56 Å². The Morgan fingerprint density at radius 1 is 1.13 bits per heavy atom. The van der Waals surface area contributed by atoms with Gasteiger partial charge in [-0.15, -0.1) is 0 Å². The quantitative estimate of drug-likeness (QED) is 0.486. The molecule has 1 aromatic carbocycles. The van der Waals surface area contributed by atoms with Gasteiger partial charge in [-0.05, 0) is 11.6 Å². The van der Waals surface area contributed by atoms with Crippen LogP contribution in [-0.4, -0.2) is 11.9 Å². The van der Waals surface area contributed by atoms with Crippen LogP contribution in [0.4, 0.5) is 0 Å². The molecule has 0 N–H and O–H groups in total. The van der Waals surface area contributed by atoms with E-state index >= 15 is 0 Å². The Morgan fingerprint density at radius 2 is 1.73 bits per heavy atom. The molecule has 0 bridgehead atoms. The van der Waals surface area contributed by atoms with Crippen molar-refractivity contribution in [1.82, 2.24) is 0 Å². The maximum absolute atomic E-state index is 11.1. The molecule has 1 aliphatic heterocycles. The Bertz CT molecular complexity index is 356. The molecular weight excluding hydrogens is 192 g/mol. The zero-order chi connectivity index (χ0) is 10.6. The first-order chi connectivity index (χ1) is 6.77. The topological polar surface area (TPSA) is 43.4 Å². The monoisotopic (exact) mass is 208 g/mol. The van der Waals surface area contributed by atoms with E-state index in [1.807, 2.05) is 13.8 Å². The van der Waals surface area contributed by atoms with Crippen LogP contribution in [0.5, 0.6) is 0 Å². The summed E-state index contributed by atoms with van der Waals surface area (Å²) < 4.78 is 4.43. The highest BCUT2D eigenvalue weighted by molar-refractivity contribution is 6.02. The fourth-order valence-corrected chi connectivity index (χ4v) is 1.22. The Morgan fingerprint density at radius 3 is 2.40 bits per heavy atom. The number of cyclic esters (lactones) is 2. The lowest BCUT2D eigenvalue weighted by Crippen LogP contribution is -2.22. The second kappa shape index (κ2) is 5.96. The number of rotatable bonds is 0. The molecule has 3 nitrogen and oxygen atoms in total. The van der Waals surface area contributed by atoms with E-state index in [-0.39, 0.29) is 13.8 Å². The fraction of sp³-hybridized carbons (Fsp3) is 0.333. The number of hydrogen-bond donors (Lipinski definition) is 0. The van der Waals surface area contributed by atoms with Crippen molar-refractivity contribution in [1.29, 1.82) is 0 Å². The van der Waals surface area contributed by atoms with Gasteiger partial charge in [-0.25, -0.2) is 4.79 Å². The summed E-state index contributed by atoms with van der Waals surface area (Å²) in [5.74, 6) is -1.01. The van der Waals surface area contributed by atoms with E-state index in [4.69, 9.17) is 0 Å². The predicted molar refractivity (Wildman–Crippen MR) is 58.6 cm³/mol. The molecule has 0 saturated heterocycles. The minimum Gasteiger partial charge on any atom is -0.389 e. The van der Waals surface area contributed by atoms with Crippen LogP contribution in [0, 0.1) is 0 Å². The minimum absolute atomic E-state index is 0. The van der Waals surface area contributed by atoms with E-state index in [0.29, 0.717) is 5.56 Å². The van der Waals surface area contributed by atoms with Gasteiger partial charge in [0.2, 0.25) is 0 Å². The van der Waals surface area contributed by atoms with Crippen LogP contribution in [0.2, 0.25) is 0 Å². The van der Waals surface area contributed by atoms with Crippen molar-refractivity contribution in [3.63, 3.8) is 0 Å². The second-order valence-electron chi connectivity index (χ2n) is 2.60. The first-order valence-corrected chi connectivity index (χ1v) is 4.60. The maximum atomic E-state index is 11.1. The molecule has 0 spiro atoms. The molecule has 1 heterocycles. The van der Waals surface area contributed by atoms with Gasteiger partial charge in [0.15, 0.2) is 0 Å². The predicted octanol–water partition coefficient (Wildman–Crippen LogP) is 2.59. The van der Waals surface area contributed by atoms with Gasteiger partial charge in [0, 0.05) is 0 Å². The molecule has 0 atom stereocenters. The van der Waals surface area contributed by atoms with Gasteiger partial charge in [-0.1, -0.05) is 39.5 Å². The molecule has 0 amide bonds. The Kier molecular flexibility index (Phi) is 5.31. The number of ether oxygens (including phenoxy) is 1. The summed E-state index contributed by atoms with van der Waals surface area (Å²) in [6.07, 6.45) is 0.196. The Balaban J connectivity index is 0.000000617. The molecular formula is C12H16O3. The molecule has 0 aliphatic carbocycles. The van der Waals surface area contributed by atoms with Crippen LogP contribution in [0.15, 0.2) is 24.3 Å². The average Bonchev–Trinajstić information content (AvgIpc) is 2.20. The summed E-state index contributed by atoms with van der Waals surface area (Å²) in [4.78, 5) is 21.8. The zero-order valence-corrected chi connectivity index (χ0v) is 8.24. The summed E-state index contributed by atoms with van der Waals surface area (Å²) in [6.45, 7) is 4.00. The lowest BCUT2D eigenvalue weighted by atomic mass is 10.0. The second-order valence-corrected chi connectivity index (χ2v) is 2.60. The van der Waals surface area contributed by atoms with Crippen molar-refractivity contribution in [2.75, 3.05) is 0 Å². The largest absolute Gasteiger partial charge is 0.389 e. The Hall–Kier alpha value is -1.64. The van der Waals surface area contributed by atoms with Crippen LogP contribution < -0.4 is 0 Å². The molecule has 0 aromatic heterocycles. The maximum Gasteiger partial charge on any atom is 0.346 e. The van der Waals surface area contributed by atoms with Crippen molar-refractivity contribution >= 4 is 11.9 Å². The molecule has 1 aromatic rings. The van der Waals surface area contributed by atoms with Crippen LogP contribution in [0.1, 0.15) is 37.2 Å². The molecule has 0 fully saturated rings. The summed E-state index contributed by atoms with van der Waals surface area (Å²) in [5, 5.41) is 0. The number of carbonyl (C=O) groups is 2. The molecule has 0 unspecified atom stereocenters. The van der Waals surface area contributed by atoms with E-state index in [9.17, 15) is 9.59 Å². The number of benzene rings is 1. The van der Waals surface area contributed by atoms with Gasteiger partial charge < -0.3 is 4.74 Å². The van der Waals surface area contributed by atoms with Gasteiger partial charge in [-0.3, -0.25) is 4.79 Å². The van der Waals surface area contributed by atoms with Gasteiger partial charge >= 0.3 is 11.9 Å². The summed E-state index contributed by atoms with van der Waals surface area (Å²) in [7, 11) is 0. The molecule has 0 radical (unpaired) electrons. The lowest BCUT2D eigenvalue weighted by molar-refractivity contribution is -0.137. The first kappa shape index (κ1) is 13.4. The van der Waals surface area contributed by atoms with Crippen LogP contribution in [-0.2, 0) is 16.0 Å². The highest BCUT2D eigenvalue weighted by Crippen LogP contribution is 2.16. The summed E-state index contributed by atoms with van der Waals surface area (Å²) >= 11 is 0. The van der Waals surface area contributed by atoms with Crippen molar-refractivity contribution in [2.24, 2.45) is 0 Å². The summed E-state index contributed by atoms with van der Waals surface area (Å²) in [5.41, 5.74) is 1.25. The smallest absolute Gasteiger partial charge is 0.346 e. The van der Waals surface area contributed by atoms with Crippen molar-refractivity contribution in [3.8, 4) is 0 Å². The van der Waals surface area contributed by atoms with Gasteiger partial charge in [0.1, 0.15) is 0 Å². The molecule has 82 valence electrons. The average molecular weight is 208 g/mol. The van der Waals surface area contributed by atoms with E-state index < -0.39 is 11.9 Å². The van der Waals surface area contributed by atoms with Gasteiger partial charge in [0.25, 0.3) is 0 Å². The fourth-order valence-electron chi connectivity index (χ4n) is 1.22. The minimum atomic E-state index is -0.540. The van der Waals surface area contributed by atoms with E-state index in [1.165, 1.54) is 0 Å². The van der Waals surface area contributed by atoms with Crippen LogP contribution in [0.3, 0.4) is 0 Å². The van der Waals surface area contributed by atoms with Crippen molar-refractivity contribution in [2.45, 2.75) is 27.7 Å². The number of fused-ring (bicyclic) bond motifs is 1. The van der Waals surface area contributed by atoms with Gasteiger partial charge in [-0.2, -0.15) is 0 Å². The molecule has 3 heteroatoms. The number of carbonyl (C=O) groups excluding carboxylic acids is 2. The van der Waals surface area contributed by atoms with Crippen LogP contribution >= 0.6 is 0 Å². The molecule has 15 heavy (non-hydrogen) atoms. The van der Waals surface area contributed by atoms with E-state index in [1.54, 1.807) is 24.3 Å². The van der Waals surface area contributed by atoms with Crippen LogP contribution in [0.25, 0.3) is 0 Å². The molecule has 2 rings (SSSR count). The highest BCUT2D eigenvalue weighted by Gasteiger charge is 2.23. The SMILES string of the molecule is C.CC.O=C1Cc2ccccc2C(=O)O1. The zero-order valence-electron chi connectivity index (χ0n) is 8.24. The standard InChI is InChI=1S/C9H6O3.C2H6.CH4/c10-8-5-6-3-1-2-4-7(6)9(11)12-8;1-2;/h1-4H,5H2;1-2H3;1H4. The number of esters is 2. The Labute approximate surface area is 90.1 Å². The number of hydrogen-bond acceptors (Lipinski definition) is 3. The van der Waals surface area contributed by atoms with E-state index in [2.05, 4.69) is 4.74 Å².